The number of methoxy groups -OCH3 is 1. The number of aliphatic imine (C=N–C) groups is 1. The third kappa shape index (κ3) is 3.59. The summed E-state index contributed by atoms with van der Waals surface area (Å²) in [5, 5.41) is 5.67. The van der Waals surface area contributed by atoms with Crippen LogP contribution < -0.4 is 10.1 Å². The fraction of sp³-hybridized carbons (Fsp3) is 0.0909. The Hall–Kier alpha value is -3.05. The van der Waals surface area contributed by atoms with Crippen molar-refractivity contribution in [2.75, 3.05) is 7.11 Å². The van der Waals surface area contributed by atoms with E-state index in [1.807, 2.05) is 67.6 Å². The second-order valence-corrected chi connectivity index (χ2v) is 7.19. The van der Waals surface area contributed by atoms with Gasteiger partial charge < -0.3 is 10.1 Å². The number of amidine groups is 1. The number of carbonyl (C=O) groups excluding carboxylic acids is 1. The van der Waals surface area contributed by atoms with Gasteiger partial charge in [0.15, 0.2) is 5.17 Å². The molecule has 0 bridgehead atoms. The molecule has 3 aromatic rings. The van der Waals surface area contributed by atoms with Crippen LogP contribution in [0.25, 0.3) is 16.3 Å². The molecule has 0 aromatic heterocycles. The van der Waals surface area contributed by atoms with Gasteiger partial charge in [-0.3, -0.25) is 4.79 Å². The van der Waals surface area contributed by atoms with Gasteiger partial charge in [0.2, 0.25) is 0 Å². The lowest BCUT2D eigenvalue weighted by molar-refractivity contribution is -0.115. The van der Waals surface area contributed by atoms with Gasteiger partial charge in [0.05, 0.1) is 17.7 Å². The van der Waals surface area contributed by atoms with E-state index in [1.54, 1.807) is 7.11 Å². The Balaban J connectivity index is 1.67. The quantitative estimate of drug-likeness (QED) is 0.647. The molecule has 3 aromatic carbocycles. The summed E-state index contributed by atoms with van der Waals surface area (Å²) in [4.78, 5) is 17.6. The van der Waals surface area contributed by atoms with Gasteiger partial charge in [-0.2, -0.15) is 0 Å². The van der Waals surface area contributed by atoms with Gasteiger partial charge in [0.25, 0.3) is 5.91 Å². The first kappa shape index (κ1) is 17.4. The summed E-state index contributed by atoms with van der Waals surface area (Å²) in [5.41, 5.74) is 2.78. The van der Waals surface area contributed by atoms with Gasteiger partial charge >= 0.3 is 0 Å². The van der Waals surface area contributed by atoms with Gasteiger partial charge in [0.1, 0.15) is 5.75 Å². The Bertz CT molecular complexity index is 1090. The van der Waals surface area contributed by atoms with E-state index in [9.17, 15) is 4.79 Å². The highest BCUT2D eigenvalue weighted by Gasteiger charge is 2.26. The lowest BCUT2D eigenvalue weighted by Gasteiger charge is -2.07. The van der Waals surface area contributed by atoms with Crippen molar-refractivity contribution < 1.29 is 9.53 Å². The highest BCUT2D eigenvalue weighted by Crippen LogP contribution is 2.34. The van der Waals surface area contributed by atoms with Crippen molar-refractivity contribution in [3.63, 3.8) is 0 Å². The molecule has 1 amide bonds. The number of para-hydroxylation sites is 1. The number of ether oxygens (including phenoxy) is 1. The normalized spacial score (nSPS) is 17.3. The Kier molecular flexibility index (Phi) is 4.69. The highest BCUT2D eigenvalue weighted by molar-refractivity contribution is 8.18. The molecular weight excluding hydrogens is 356 g/mol. The van der Waals surface area contributed by atoms with Crippen LogP contribution in [-0.2, 0) is 4.79 Å². The molecule has 0 unspecified atom stereocenters. The predicted octanol–water partition coefficient (Wildman–Crippen LogP) is 5.13. The monoisotopic (exact) mass is 374 g/mol. The average molecular weight is 374 g/mol. The summed E-state index contributed by atoms with van der Waals surface area (Å²) in [6, 6.07) is 21.8. The van der Waals surface area contributed by atoms with Crippen LogP contribution in [-0.4, -0.2) is 18.2 Å². The van der Waals surface area contributed by atoms with E-state index in [-0.39, 0.29) is 5.91 Å². The maximum absolute atomic E-state index is 12.4. The van der Waals surface area contributed by atoms with Crippen molar-refractivity contribution >= 4 is 44.9 Å². The molecule has 1 aliphatic rings. The zero-order valence-electron chi connectivity index (χ0n) is 15.0. The number of rotatable bonds is 3. The van der Waals surface area contributed by atoms with Crippen LogP contribution in [0.3, 0.4) is 0 Å². The maximum Gasteiger partial charge on any atom is 0.264 e. The first-order valence-corrected chi connectivity index (χ1v) is 9.38. The Morgan fingerprint density at radius 3 is 2.52 bits per heavy atom. The van der Waals surface area contributed by atoms with E-state index in [0.717, 1.165) is 33.3 Å². The topological polar surface area (TPSA) is 50.7 Å². The summed E-state index contributed by atoms with van der Waals surface area (Å²) in [7, 11) is 1.66. The molecule has 0 aliphatic carbocycles. The Morgan fingerprint density at radius 2 is 1.74 bits per heavy atom. The third-order valence-electron chi connectivity index (χ3n) is 4.43. The molecule has 1 saturated heterocycles. The average Bonchev–Trinajstić information content (AvgIpc) is 3.07. The molecule has 4 nitrogen and oxygen atoms in total. The van der Waals surface area contributed by atoms with E-state index in [0.29, 0.717) is 10.1 Å². The third-order valence-corrected chi connectivity index (χ3v) is 5.52. The minimum atomic E-state index is -0.109. The minimum Gasteiger partial charge on any atom is -0.497 e. The van der Waals surface area contributed by atoms with E-state index in [2.05, 4.69) is 16.4 Å². The molecule has 1 fully saturated rings. The molecular formula is C22H18N2O2S. The number of allylic oxidation sites excluding steroid dienone is 1. The standard InChI is InChI=1S/C22H18N2O2S/c1-14(15-8-9-17-13-19(26-2)11-10-16(17)12-15)20-21(25)24-22(27-20)23-18-6-4-3-5-7-18/h3-13H,1-2H3,(H,23,24,25). The van der Waals surface area contributed by atoms with E-state index in [4.69, 9.17) is 4.74 Å². The first-order chi connectivity index (χ1) is 13.1. The van der Waals surface area contributed by atoms with Crippen molar-refractivity contribution in [1.82, 2.24) is 5.32 Å². The fourth-order valence-corrected chi connectivity index (χ4v) is 3.86. The smallest absolute Gasteiger partial charge is 0.264 e. The van der Waals surface area contributed by atoms with Crippen LogP contribution in [0.5, 0.6) is 5.75 Å². The van der Waals surface area contributed by atoms with E-state index in [1.165, 1.54) is 11.8 Å². The van der Waals surface area contributed by atoms with Gasteiger partial charge in [-0.15, -0.1) is 0 Å². The number of thioether (sulfide) groups is 1. The molecule has 27 heavy (non-hydrogen) atoms. The van der Waals surface area contributed by atoms with Crippen LogP contribution in [0.15, 0.2) is 76.6 Å². The Morgan fingerprint density at radius 1 is 1.00 bits per heavy atom. The zero-order valence-corrected chi connectivity index (χ0v) is 15.8. The highest BCUT2D eigenvalue weighted by atomic mass is 32.2. The first-order valence-electron chi connectivity index (χ1n) is 8.56. The van der Waals surface area contributed by atoms with Gasteiger partial charge in [-0.05, 0) is 70.9 Å². The largest absolute Gasteiger partial charge is 0.497 e. The van der Waals surface area contributed by atoms with Crippen LogP contribution >= 0.6 is 11.8 Å². The van der Waals surface area contributed by atoms with Gasteiger partial charge in [-0.25, -0.2) is 4.99 Å². The van der Waals surface area contributed by atoms with Crippen molar-refractivity contribution in [2.45, 2.75) is 6.92 Å². The second kappa shape index (κ2) is 7.29. The molecule has 0 saturated carbocycles. The molecule has 0 atom stereocenters. The fourth-order valence-electron chi connectivity index (χ4n) is 2.95. The lowest BCUT2D eigenvalue weighted by atomic mass is 10.0. The van der Waals surface area contributed by atoms with Gasteiger partial charge in [-0.1, -0.05) is 36.4 Å². The van der Waals surface area contributed by atoms with Crippen LogP contribution in [0.1, 0.15) is 12.5 Å². The molecule has 1 heterocycles. The van der Waals surface area contributed by atoms with E-state index < -0.39 is 0 Å². The number of fused-ring (bicyclic) bond motifs is 1. The van der Waals surface area contributed by atoms with E-state index >= 15 is 0 Å². The van der Waals surface area contributed by atoms with Gasteiger partial charge in [0, 0.05) is 0 Å². The maximum atomic E-state index is 12.4. The molecule has 134 valence electrons. The van der Waals surface area contributed by atoms with Crippen molar-refractivity contribution in [1.29, 1.82) is 0 Å². The molecule has 5 heteroatoms. The number of hydrogen-bond acceptors (Lipinski definition) is 4. The molecule has 0 spiro atoms. The van der Waals surface area contributed by atoms with Crippen molar-refractivity contribution in [2.24, 2.45) is 4.99 Å². The summed E-state index contributed by atoms with van der Waals surface area (Å²) in [6.45, 7) is 1.97. The molecule has 1 N–H and O–H groups in total. The van der Waals surface area contributed by atoms with Crippen LogP contribution in [0, 0.1) is 0 Å². The number of nitrogens with zero attached hydrogens (tertiary/aromatic N) is 1. The summed E-state index contributed by atoms with van der Waals surface area (Å²) in [6.07, 6.45) is 0. The number of nitrogens with one attached hydrogen (secondary N) is 1. The number of hydrogen-bond donors (Lipinski definition) is 1. The number of carbonyl (C=O) groups is 1. The SMILES string of the molecule is COc1ccc2cc(C(C)=C3SC(=Nc4ccccc4)NC3=O)ccc2c1. The minimum absolute atomic E-state index is 0.109. The Labute approximate surface area is 162 Å². The predicted molar refractivity (Wildman–Crippen MR) is 112 cm³/mol. The zero-order chi connectivity index (χ0) is 18.8. The number of amides is 1. The molecule has 4 rings (SSSR count). The van der Waals surface area contributed by atoms with Crippen LogP contribution in [0.2, 0.25) is 0 Å². The van der Waals surface area contributed by atoms with Crippen molar-refractivity contribution in [3.8, 4) is 5.75 Å². The van der Waals surface area contributed by atoms with Crippen LogP contribution in [0.4, 0.5) is 5.69 Å². The summed E-state index contributed by atoms with van der Waals surface area (Å²) in [5.74, 6) is 0.722. The summed E-state index contributed by atoms with van der Waals surface area (Å²) < 4.78 is 5.28. The second-order valence-electron chi connectivity index (χ2n) is 6.19. The van der Waals surface area contributed by atoms with Crippen molar-refractivity contribution in [3.05, 3.63) is 77.2 Å². The molecule has 0 radical (unpaired) electrons. The lowest BCUT2D eigenvalue weighted by Crippen LogP contribution is -2.19. The summed E-state index contributed by atoms with van der Waals surface area (Å²) >= 11 is 1.38. The number of benzene rings is 3. The molecule has 1 aliphatic heterocycles.